The van der Waals surface area contributed by atoms with Crippen molar-refractivity contribution in [3.05, 3.63) is 33.8 Å². The molecule has 0 N–H and O–H groups in total. The summed E-state index contributed by atoms with van der Waals surface area (Å²) in [5.74, 6) is 0. The van der Waals surface area contributed by atoms with Crippen molar-refractivity contribution in [3.63, 3.8) is 0 Å². The number of nitrogens with zero attached hydrogens (tertiary/aromatic N) is 1. The summed E-state index contributed by atoms with van der Waals surface area (Å²) in [4.78, 5) is 2.61. The summed E-state index contributed by atoms with van der Waals surface area (Å²) in [5.41, 5.74) is 3.85. The molecular weight excluding hydrogens is 246 g/mol. The van der Waals surface area contributed by atoms with Crippen LogP contribution in [0.4, 0.5) is 0 Å². The van der Waals surface area contributed by atoms with E-state index in [9.17, 15) is 0 Å². The molecule has 3 rings (SSSR count). The first-order valence-corrected chi connectivity index (χ1v) is 7.12. The zero-order valence-corrected chi connectivity index (χ0v) is 11.8. The van der Waals surface area contributed by atoms with Gasteiger partial charge in [-0.2, -0.15) is 0 Å². The zero-order chi connectivity index (χ0) is 12.7. The van der Waals surface area contributed by atoms with Crippen molar-refractivity contribution in [1.29, 1.82) is 0 Å². The predicted molar refractivity (Wildman–Crippen MR) is 74.1 cm³/mol. The van der Waals surface area contributed by atoms with Gasteiger partial charge in [-0.15, -0.1) is 0 Å². The maximum atomic E-state index is 6.28. The van der Waals surface area contributed by atoms with E-state index in [0.717, 1.165) is 24.8 Å². The van der Waals surface area contributed by atoms with Crippen LogP contribution in [0.5, 0.6) is 0 Å². The highest BCUT2D eigenvalue weighted by molar-refractivity contribution is 6.31. The van der Waals surface area contributed by atoms with E-state index < -0.39 is 0 Å². The highest BCUT2D eigenvalue weighted by Gasteiger charge is 2.37. The molecule has 98 valence electrons. The predicted octanol–water partition coefficient (Wildman–Crippen LogP) is 3.32. The van der Waals surface area contributed by atoms with Gasteiger partial charge in [-0.3, -0.25) is 4.90 Å². The molecule has 2 fully saturated rings. The van der Waals surface area contributed by atoms with Gasteiger partial charge in [-0.05, 0) is 49.4 Å². The van der Waals surface area contributed by atoms with Gasteiger partial charge in [-0.1, -0.05) is 17.7 Å². The highest BCUT2D eigenvalue weighted by Crippen LogP contribution is 2.32. The molecule has 1 aromatic rings. The lowest BCUT2D eigenvalue weighted by Gasteiger charge is -2.35. The fourth-order valence-corrected chi connectivity index (χ4v) is 3.51. The Morgan fingerprint density at radius 2 is 1.89 bits per heavy atom. The summed E-state index contributed by atoms with van der Waals surface area (Å²) in [6, 6.07) is 5.55. The Bertz CT molecular complexity index is 444. The van der Waals surface area contributed by atoms with E-state index in [-0.39, 0.29) is 0 Å². The lowest BCUT2D eigenvalue weighted by atomic mass is 10.0. The van der Waals surface area contributed by atoms with Gasteiger partial charge in [0, 0.05) is 23.7 Å². The molecule has 2 unspecified atom stereocenters. The molecule has 0 amide bonds. The first-order valence-electron chi connectivity index (χ1n) is 6.74. The monoisotopic (exact) mass is 265 g/mol. The Labute approximate surface area is 114 Å². The molecule has 2 heterocycles. The molecule has 0 radical (unpaired) electrons. The first-order chi connectivity index (χ1) is 8.65. The Balaban J connectivity index is 1.84. The fraction of sp³-hybridized carbons (Fsp3) is 0.600. The molecule has 0 spiro atoms. The molecule has 2 aliphatic heterocycles. The van der Waals surface area contributed by atoms with E-state index in [1.165, 1.54) is 29.5 Å². The molecule has 2 aliphatic rings. The summed E-state index contributed by atoms with van der Waals surface area (Å²) in [6.07, 6.45) is 2.56. The van der Waals surface area contributed by atoms with Gasteiger partial charge in [0.15, 0.2) is 0 Å². The number of rotatable bonds is 2. The van der Waals surface area contributed by atoms with Crippen molar-refractivity contribution in [1.82, 2.24) is 4.90 Å². The van der Waals surface area contributed by atoms with Crippen molar-refractivity contribution in [2.45, 2.75) is 45.3 Å². The Morgan fingerprint density at radius 1 is 1.22 bits per heavy atom. The lowest BCUT2D eigenvalue weighted by molar-refractivity contribution is -0.0187. The minimum absolute atomic E-state index is 0.613. The van der Waals surface area contributed by atoms with Crippen LogP contribution in [-0.2, 0) is 11.3 Å². The number of hydrogen-bond donors (Lipinski definition) is 0. The molecule has 1 aromatic carbocycles. The molecule has 2 saturated heterocycles. The van der Waals surface area contributed by atoms with E-state index in [1.54, 1.807) is 0 Å². The van der Waals surface area contributed by atoms with Crippen LogP contribution in [0.15, 0.2) is 12.1 Å². The average Bonchev–Trinajstić information content (AvgIpc) is 2.57. The van der Waals surface area contributed by atoms with E-state index in [0.29, 0.717) is 12.1 Å². The Kier molecular flexibility index (Phi) is 3.35. The molecule has 0 saturated carbocycles. The second-order valence-corrected chi connectivity index (χ2v) is 6.03. The SMILES string of the molecule is Cc1cc(Cl)c(C)c(CN2C3CCC2COC3)c1. The number of aryl methyl sites for hydroxylation is 1. The molecule has 2 atom stereocenters. The van der Waals surface area contributed by atoms with Crippen molar-refractivity contribution in [2.75, 3.05) is 13.2 Å². The number of fused-ring (bicyclic) bond motifs is 2. The van der Waals surface area contributed by atoms with Gasteiger partial charge in [0.1, 0.15) is 0 Å². The largest absolute Gasteiger partial charge is 0.378 e. The van der Waals surface area contributed by atoms with Crippen molar-refractivity contribution < 1.29 is 4.74 Å². The standard InChI is InChI=1S/C15H20ClNO/c1-10-5-12(11(2)15(16)6-10)7-17-13-3-4-14(17)9-18-8-13/h5-6,13-14H,3-4,7-9H2,1-2H3. The molecule has 2 nitrogen and oxygen atoms in total. The highest BCUT2D eigenvalue weighted by atomic mass is 35.5. The second-order valence-electron chi connectivity index (χ2n) is 5.63. The van der Waals surface area contributed by atoms with Crippen LogP contribution in [0.1, 0.15) is 29.5 Å². The summed E-state index contributed by atoms with van der Waals surface area (Å²) < 4.78 is 5.63. The number of benzene rings is 1. The molecule has 0 aliphatic carbocycles. The quantitative estimate of drug-likeness (QED) is 0.813. The maximum Gasteiger partial charge on any atom is 0.0622 e. The summed E-state index contributed by atoms with van der Waals surface area (Å²) in [7, 11) is 0. The van der Waals surface area contributed by atoms with Gasteiger partial charge in [-0.25, -0.2) is 0 Å². The van der Waals surface area contributed by atoms with Gasteiger partial charge in [0.05, 0.1) is 13.2 Å². The van der Waals surface area contributed by atoms with E-state index in [2.05, 4.69) is 24.8 Å². The number of halogens is 1. The summed E-state index contributed by atoms with van der Waals surface area (Å²) in [5, 5.41) is 0.894. The van der Waals surface area contributed by atoms with Crippen LogP contribution in [0.2, 0.25) is 5.02 Å². The topological polar surface area (TPSA) is 12.5 Å². The van der Waals surface area contributed by atoms with Crippen molar-refractivity contribution >= 4 is 11.6 Å². The van der Waals surface area contributed by atoms with Gasteiger partial charge in [0.2, 0.25) is 0 Å². The third kappa shape index (κ3) is 2.18. The fourth-order valence-electron chi connectivity index (χ4n) is 3.22. The minimum atomic E-state index is 0.613. The van der Waals surface area contributed by atoms with Gasteiger partial charge >= 0.3 is 0 Å². The smallest absolute Gasteiger partial charge is 0.0622 e. The number of ether oxygens (including phenoxy) is 1. The van der Waals surface area contributed by atoms with Gasteiger partial charge < -0.3 is 4.74 Å². The van der Waals surface area contributed by atoms with Crippen LogP contribution in [0.25, 0.3) is 0 Å². The number of morpholine rings is 1. The Hall–Kier alpha value is -0.570. The average molecular weight is 266 g/mol. The molecule has 18 heavy (non-hydrogen) atoms. The Morgan fingerprint density at radius 3 is 2.56 bits per heavy atom. The summed E-state index contributed by atoms with van der Waals surface area (Å²) in [6.45, 7) is 7.05. The van der Waals surface area contributed by atoms with E-state index in [4.69, 9.17) is 16.3 Å². The van der Waals surface area contributed by atoms with Crippen LogP contribution in [0.3, 0.4) is 0 Å². The lowest BCUT2D eigenvalue weighted by Crippen LogP contribution is -2.45. The normalized spacial score (nSPS) is 27.7. The molecule has 0 aromatic heterocycles. The molecule has 3 heteroatoms. The van der Waals surface area contributed by atoms with Crippen molar-refractivity contribution in [2.24, 2.45) is 0 Å². The van der Waals surface area contributed by atoms with Crippen LogP contribution < -0.4 is 0 Å². The second kappa shape index (κ2) is 4.84. The van der Waals surface area contributed by atoms with Gasteiger partial charge in [0.25, 0.3) is 0 Å². The van der Waals surface area contributed by atoms with E-state index >= 15 is 0 Å². The third-order valence-electron chi connectivity index (χ3n) is 4.34. The zero-order valence-electron chi connectivity index (χ0n) is 11.1. The van der Waals surface area contributed by atoms with Crippen molar-refractivity contribution in [3.8, 4) is 0 Å². The van der Waals surface area contributed by atoms with Crippen LogP contribution in [0, 0.1) is 13.8 Å². The summed E-state index contributed by atoms with van der Waals surface area (Å²) >= 11 is 6.28. The van der Waals surface area contributed by atoms with Crippen LogP contribution >= 0.6 is 11.6 Å². The van der Waals surface area contributed by atoms with Crippen LogP contribution in [-0.4, -0.2) is 30.2 Å². The minimum Gasteiger partial charge on any atom is -0.378 e. The first kappa shape index (κ1) is 12.5. The number of hydrogen-bond acceptors (Lipinski definition) is 2. The van der Waals surface area contributed by atoms with E-state index in [1.807, 2.05) is 6.07 Å². The molecule has 2 bridgehead atoms. The maximum absolute atomic E-state index is 6.28. The molecular formula is C15H20ClNO. The third-order valence-corrected chi connectivity index (χ3v) is 4.73.